The highest BCUT2D eigenvalue weighted by atomic mass is 32.2. The predicted octanol–water partition coefficient (Wildman–Crippen LogP) is 5.87. The average Bonchev–Trinajstić information content (AvgIpc) is 2.99. The van der Waals surface area contributed by atoms with E-state index in [1.165, 1.54) is 25.6 Å². The smallest absolute Gasteiger partial charge is 0.305 e. The molecule has 2 unspecified atom stereocenters. The fourth-order valence-corrected chi connectivity index (χ4v) is 6.86. The molecule has 0 radical (unpaired) electrons. The van der Waals surface area contributed by atoms with Crippen molar-refractivity contribution in [3.05, 3.63) is 108 Å². The second kappa shape index (κ2) is 14.0. The van der Waals surface area contributed by atoms with E-state index in [9.17, 15) is 13.6 Å². The van der Waals surface area contributed by atoms with Gasteiger partial charge in [0, 0.05) is 59.7 Å². The summed E-state index contributed by atoms with van der Waals surface area (Å²) in [5.41, 5.74) is 4.25. The molecule has 42 heavy (non-hydrogen) atoms. The van der Waals surface area contributed by atoms with Gasteiger partial charge < -0.3 is 10.0 Å². The highest BCUT2D eigenvalue weighted by Gasteiger charge is 2.30. The summed E-state index contributed by atoms with van der Waals surface area (Å²) < 4.78 is 22.9. The Balaban J connectivity index is 1.22. The summed E-state index contributed by atoms with van der Waals surface area (Å²) in [4.78, 5) is 14.6. The summed E-state index contributed by atoms with van der Waals surface area (Å²) >= 11 is -0.444. The highest BCUT2D eigenvalue weighted by molar-refractivity contribution is 7.98. The van der Waals surface area contributed by atoms with Crippen LogP contribution >= 0.6 is 11.8 Å². The topological polar surface area (TPSA) is 84.3 Å². The van der Waals surface area contributed by atoms with Gasteiger partial charge in [0.05, 0.1) is 6.42 Å². The van der Waals surface area contributed by atoms with Crippen molar-refractivity contribution in [2.45, 2.75) is 30.0 Å². The summed E-state index contributed by atoms with van der Waals surface area (Å²) in [6.45, 7) is 3.99. The van der Waals surface area contributed by atoms with Crippen molar-refractivity contribution in [1.29, 1.82) is 0 Å². The first-order chi connectivity index (χ1) is 20.4. The molecule has 1 aliphatic heterocycles. The maximum Gasteiger partial charge on any atom is 0.305 e. The predicted molar refractivity (Wildman–Crippen MR) is 170 cm³/mol. The Morgan fingerprint density at radius 3 is 2.31 bits per heavy atom. The summed E-state index contributed by atoms with van der Waals surface area (Å²) in [5.74, 6) is 6.54. The van der Waals surface area contributed by atoms with E-state index in [4.69, 9.17) is 5.11 Å². The maximum atomic E-state index is 11.9. The first-order valence-electron chi connectivity index (χ1n) is 13.8. The molecule has 0 saturated carbocycles. The number of rotatable bonds is 9. The van der Waals surface area contributed by atoms with Gasteiger partial charge in [0.15, 0.2) is 0 Å². The molecule has 0 aromatic heterocycles. The van der Waals surface area contributed by atoms with Crippen LogP contribution in [0.2, 0.25) is 0 Å². The molecule has 0 amide bonds. The molecule has 1 saturated heterocycles. The minimum absolute atomic E-state index is 0.206. The van der Waals surface area contributed by atoms with Gasteiger partial charge in [0.2, 0.25) is 11.3 Å². The average molecular weight is 600 g/mol. The fourth-order valence-electron chi connectivity index (χ4n) is 5.10. The van der Waals surface area contributed by atoms with Crippen molar-refractivity contribution in [2.75, 3.05) is 31.1 Å². The molecule has 1 fully saturated rings. The van der Waals surface area contributed by atoms with E-state index < -0.39 is 23.3 Å². The number of fused-ring (bicyclic) bond motifs is 1. The zero-order valence-corrected chi connectivity index (χ0v) is 25.0. The molecule has 1 heterocycles. The number of hydrazine groups is 1. The Hall–Kier alpha value is -3.65. The van der Waals surface area contributed by atoms with Gasteiger partial charge in [0.1, 0.15) is 0 Å². The molecule has 2 atom stereocenters. The van der Waals surface area contributed by atoms with Crippen molar-refractivity contribution < 1.29 is 18.7 Å². The number of carboxylic acid groups (broad SMARTS) is 1. The Kier molecular flexibility index (Phi) is 9.95. The zero-order chi connectivity index (χ0) is 29.5. The van der Waals surface area contributed by atoms with Crippen LogP contribution in [0.5, 0.6) is 0 Å². The standard InChI is InChI=1S/C33H33N3O4S2/c1-25(22-33(37)38)36(42(39)40)35-20-18-34(19-21-35)30-16-13-26(14-17-30)10-11-27-12-15-29-8-5-9-32(31(29)23-27)41-24-28-6-3-2-4-7-28/h2-9,12-17,23,25H,18-22,24H2,1H3,(H,37,38)(H,39,40). The number of carbonyl (C=O) groups is 1. The number of nitrogens with zero attached hydrogens (tertiary/aromatic N) is 3. The molecule has 7 nitrogen and oxygen atoms in total. The van der Waals surface area contributed by atoms with E-state index in [1.54, 1.807) is 11.9 Å². The number of anilines is 1. The van der Waals surface area contributed by atoms with E-state index in [1.807, 2.05) is 42.1 Å². The minimum atomic E-state index is -2.28. The van der Waals surface area contributed by atoms with Gasteiger partial charge in [0.25, 0.3) is 0 Å². The maximum absolute atomic E-state index is 11.9. The molecule has 5 rings (SSSR count). The van der Waals surface area contributed by atoms with Gasteiger partial charge in [-0.1, -0.05) is 60.4 Å². The molecule has 1 aliphatic rings. The quantitative estimate of drug-likeness (QED) is 0.141. The van der Waals surface area contributed by atoms with Crippen LogP contribution in [0.25, 0.3) is 10.8 Å². The van der Waals surface area contributed by atoms with Gasteiger partial charge >= 0.3 is 5.97 Å². The normalized spacial score (nSPS) is 15.3. The molecule has 0 bridgehead atoms. The first-order valence-corrected chi connectivity index (χ1v) is 15.9. The van der Waals surface area contributed by atoms with Crippen molar-refractivity contribution in [2.24, 2.45) is 0 Å². The molecular formula is C33H33N3O4S2. The number of benzene rings is 4. The number of hydrogen-bond donors (Lipinski definition) is 2. The molecule has 216 valence electrons. The Bertz CT molecular complexity index is 1610. The van der Waals surface area contributed by atoms with Crippen molar-refractivity contribution in [3.63, 3.8) is 0 Å². The summed E-state index contributed by atoms with van der Waals surface area (Å²) in [5, 5.41) is 13.3. The van der Waals surface area contributed by atoms with Crippen molar-refractivity contribution in [3.8, 4) is 11.8 Å². The summed E-state index contributed by atoms with van der Waals surface area (Å²) in [6.07, 6.45) is -0.206. The van der Waals surface area contributed by atoms with Crippen LogP contribution in [0.1, 0.15) is 30.0 Å². The monoisotopic (exact) mass is 599 g/mol. The van der Waals surface area contributed by atoms with Crippen LogP contribution in [0.3, 0.4) is 0 Å². The fraction of sp³-hybridized carbons (Fsp3) is 0.242. The third kappa shape index (κ3) is 7.59. The number of aliphatic carboxylic acids is 1. The van der Waals surface area contributed by atoms with Crippen LogP contribution in [0.15, 0.2) is 95.9 Å². The van der Waals surface area contributed by atoms with Crippen LogP contribution in [-0.2, 0) is 21.8 Å². The lowest BCUT2D eigenvalue weighted by Crippen LogP contribution is -2.57. The lowest BCUT2D eigenvalue weighted by Gasteiger charge is -2.41. The Morgan fingerprint density at radius 2 is 1.62 bits per heavy atom. The number of hydrogen-bond acceptors (Lipinski definition) is 5. The Morgan fingerprint density at radius 1 is 0.929 bits per heavy atom. The molecule has 4 aromatic carbocycles. The van der Waals surface area contributed by atoms with E-state index in [0.29, 0.717) is 26.2 Å². The zero-order valence-electron chi connectivity index (χ0n) is 23.3. The molecular weight excluding hydrogens is 567 g/mol. The number of piperazine rings is 1. The van der Waals surface area contributed by atoms with E-state index >= 15 is 0 Å². The lowest BCUT2D eigenvalue weighted by atomic mass is 10.1. The van der Waals surface area contributed by atoms with Gasteiger partial charge in [-0.05, 0) is 65.7 Å². The Labute approximate surface area is 253 Å². The van der Waals surface area contributed by atoms with E-state index in [0.717, 1.165) is 22.6 Å². The van der Waals surface area contributed by atoms with Crippen LogP contribution in [-0.4, -0.2) is 61.5 Å². The summed E-state index contributed by atoms with van der Waals surface area (Å²) in [6, 6.07) is 30.8. The van der Waals surface area contributed by atoms with Crippen LogP contribution in [0.4, 0.5) is 5.69 Å². The van der Waals surface area contributed by atoms with Gasteiger partial charge in [-0.25, -0.2) is 9.22 Å². The molecule has 0 aliphatic carbocycles. The second-order valence-electron chi connectivity index (χ2n) is 10.2. The largest absolute Gasteiger partial charge is 0.481 e. The molecule has 2 N–H and O–H groups in total. The first kappa shape index (κ1) is 29.8. The van der Waals surface area contributed by atoms with Gasteiger partial charge in [-0.3, -0.25) is 9.35 Å². The van der Waals surface area contributed by atoms with Gasteiger partial charge in [-0.2, -0.15) is 0 Å². The van der Waals surface area contributed by atoms with E-state index in [2.05, 4.69) is 77.4 Å². The highest BCUT2D eigenvalue weighted by Crippen LogP contribution is 2.31. The number of thioether (sulfide) groups is 1. The molecule has 4 aromatic rings. The van der Waals surface area contributed by atoms with Crippen molar-refractivity contribution in [1.82, 2.24) is 9.42 Å². The van der Waals surface area contributed by atoms with Crippen LogP contribution < -0.4 is 4.90 Å². The third-order valence-corrected chi connectivity index (χ3v) is 9.26. The molecule has 0 spiro atoms. The van der Waals surface area contributed by atoms with E-state index in [-0.39, 0.29) is 6.42 Å². The van der Waals surface area contributed by atoms with Gasteiger partial charge in [-0.15, -0.1) is 16.2 Å². The summed E-state index contributed by atoms with van der Waals surface area (Å²) in [7, 11) is 0. The third-order valence-electron chi connectivity index (χ3n) is 7.20. The van der Waals surface area contributed by atoms with Crippen LogP contribution in [0, 0.1) is 11.8 Å². The van der Waals surface area contributed by atoms with Crippen molar-refractivity contribution >= 4 is 45.5 Å². The minimum Gasteiger partial charge on any atom is -0.481 e. The number of carboxylic acids is 1. The lowest BCUT2D eigenvalue weighted by molar-refractivity contribution is -0.139. The molecule has 9 heteroatoms. The second-order valence-corrected chi connectivity index (χ2v) is 12.0. The SMILES string of the molecule is CC(CC(=O)O)N(N1CCN(c2ccc(C#Cc3ccc4cccc(SCc5ccccc5)c4c3)cc2)CC1)S(=O)O.